The second-order valence-electron chi connectivity index (χ2n) is 5.51. The number of esters is 1. The molecular formula is C19H21NO5. The number of aryl methyl sites for hydroxylation is 2. The van der Waals surface area contributed by atoms with Gasteiger partial charge in [0.2, 0.25) is 0 Å². The molecule has 0 atom stereocenters. The average molecular weight is 343 g/mol. The summed E-state index contributed by atoms with van der Waals surface area (Å²) >= 11 is 0. The van der Waals surface area contributed by atoms with Crippen LogP contribution in [0.1, 0.15) is 21.5 Å². The van der Waals surface area contributed by atoms with E-state index in [2.05, 4.69) is 5.32 Å². The molecule has 0 spiro atoms. The van der Waals surface area contributed by atoms with Crippen molar-refractivity contribution in [2.45, 2.75) is 13.8 Å². The maximum Gasteiger partial charge on any atom is 0.338 e. The van der Waals surface area contributed by atoms with Crippen molar-refractivity contribution >= 4 is 17.6 Å². The highest BCUT2D eigenvalue weighted by Gasteiger charge is 2.14. The number of benzene rings is 2. The number of carbonyl (C=O) groups is 2. The molecule has 0 fully saturated rings. The van der Waals surface area contributed by atoms with Crippen LogP contribution in [0.3, 0.4) is 0 Å². The quantitative estimate of drug-likeness (QED) is 0.816. The van der Waals surface area contributed by atoms with Gasteiger partial charge in [0.1, 0.15) is 11.5 Å². The van der Waals surface area contributed by atoms with Gasteiger partial charge >= 0.3 is 5.97 Å². The Morgan fingerprint density at radius 3 is 2.40 bits per heavy atom. The molecule has 0 bridgehead atoms. The van der Waals surface area contributed by atoms with Crippen LogP contribution in [-0.4, -0.2) is 32.7 Å². The second-order valence-corrected chi connectivity index (χ2v) is 5.51. The zero-order valence-electron chi connectivity index (χ0n) is 14.7. The minimum absolute atomic E-state index is 0.388. The number of anilines is 1. The molecule has 0 aliphatic heterocycles. The normalized spacial score (nSPS) is 10.1. The molecule has 6 nitrogen and oxygen atoms in total. The van der Waals surface area contributed by atoms with Crippen molar-refractivity contribution in [1.29, 1.82) is 0 Å². The molecule has 0 aromatic heterocycles. The molecule has 0 saturated heterocycles. The van der Waals surface area contributed by atoms with E-state index in [9.17, 15) is 9.59 Å². The largest absolute Gasteiger partial charge is 0.497 e. The first-order valence-corrected chi connectivity index (χ1v) is 7.71. The lowest BCUT2D eigenvalue weighted by Gasteiger charge is -2.12. The zero-order chi connectivity index (χ0) is 18.4. The number of ether oxygens (including phenoxy) is 3. The van der Waals surface area contributed by atoms with Gasteiger partial charge in [0.15, 0.2) is 6.61 Å². The summed E-state index contributed by atoms with van der Waals surface area (Å²) in [5, 5.41) is 2.65. The van der Waals surface area contributed by atoms with Crippen molar-refractivity contribution in [3.05, 3.63) is 53.1 Å². The topological polar surface area (TPSA) is 73.9 Å². The summed E-state index contributed by atoms with van der Waals surface area (Å²) in [7, 11) is 3.03. The molecule has 0 aliphatic carbocycles. The van der Waals surface area contributed by atoms with E-state index < -0.39 is 11.9 Å². The number of carbonyl (C=O) groups excluding carboxylic acids is 2. The summed E-state index contributed by atoms with van der Waals surface area (Å²) in [4.78, 5) is 24.1. The predicted octanol–water partition coefficient (Wildman–Crippen LogP) is 3.12. The summed E-state index contributed by atoms with van der Waals surface area (Å²) < 4.78 is 15.4. The lowest BCUT2D eigenvalue weighted by molar-refractivity contribution is -0.119. The Bertz CT molecular complexity index is 785. The van der Waals surface area contributed by atoms with Crippen molar-refractivity contribution in [3.8, 4) is 11.5 Å². The maximum absolute atomic E-state index is 12.1. The summed E-state index contributed by atoms with van der Waals surface area (Å²) in [5.41, 5.74) is 2.77. The van der Waals surface area contributed by atoms with Gasteiger partial charge in [-0.15, -0.1) is 0 Å². The number of rotatable bonds is 6. The molecule has 0 radical (unpaired) electrons. The van der Waals surface area contributed by atoms with Crippen molar-refractivity contribution in [1.82, 2.24) is 0 Å². The molecule has 0 unspecified atom stereocenters. The Balaban J connectivity index is 1.98. The van der Waals surface area contributed by atoms with E-state index >= 15 is 0 Å². The van der Waals surface area contributed by atoms with Crippen LogP contribution in [0.4, 0.5) is 5.69 Å². The first-order chi connectivity index (χ1) is 11.9. The molecule has 0 aliphatic rings. The average Bonchev–Trinajstić information content (AvgIpc) is 2.60. The Morgan fingerprint density at radius 1 is 1.00 bits per heavy atom. The van der Waals surface area contributed by atoms with Crippen LogP contribution in [0.25, 0.3) is 0 Å². The summed E-state index contributed by atoms with van der Waals surface area (Å²) in [6.07, 6.45) is 0. The van der Waals surface area contributed by atoms with Crippen LogP contribution >= 0.6 is 0 Å². The number of hydrogen-bond donors (Lipinski definition) is 1. The fourth-order valence-electron chi connectivity index (χ4n) is 2.34. The van der Waals surface area contributed by atoms with Gasteiger partial charge in [0.25, 0.3) is 5.91 Å². The lowest BCUT2D eigenvalue weighted by atomic mass is 10.1. The van der Waals surface area contributed by atoms with Crippen molar-refractivity contribution in [2.75, 3.05) is 26.1 Å². The van der Waals surface area contributed by atoms with E-state index in [1.165, 1.54) is 7.11 Å². The third kappa shape index (κ3) is 4.73. The third-order valence-corrected chi connectivity index (χ3v) is 3.62. The molecule has 1 N–H and O–H groups in total. The van der Waals surface area contributed by atoms with Gasteiger partial charge in [-0.3, -0.25) is 4.79 Å². The number of methoxy groups -OCH3 is 2. The SMILES string of the molecule is COc1ccc(NC(=O)COC(=O)c2ccc(C)cc2C)c(OC)c1. The maximum atomic E-state index is 12.1. The predicted molar refractivity (Wildman–Crippen MR) is 94.4 cm³/mol. The molecule has 2 aromatic carbocycles. The molecule has 2 rings (SSSR count). The van der Waals surface area contributed by atoms with Crippen LogP contribution in [0.2, 0.25) is 0 Å². The smallest absolute Gasteiger partial charge is 0.338 e. The Labute approximate surface area is 146 Å². The Hall–Kier alpha value is -3.02. The first kappa shape index (κ1) is 18.3. The molecule has 0 saturated carbocycles. The van der Waals surface area contributed by atoms with Gasteiger partial charge in [-0.2, -0.15) is 0 Å². The van der Waals surface area contributed by atoms with E-state index in [4.69, 9.17) is 14.2 Å². The first-order valence-electron chi connectivity index (χ1n) is 7.71. The number of hydrogen-bond acceptors (Lipinski definition) is 5. The van der Waals surface area contributed by atoms with Crippen molar-refractivity contribution in [3.63, 3.8) is 0 Å². The van der Waals surface area contributed by atoms with E-state index in [1.54, 1.807) is 31.4 Å². The zero-order valence-corrected chi connectivity index (χ0v) is 14.7. The van der Waals surface area contributed by atoms with Crippen LogP contribution in [-0.2, 0) is 9.53 Å². The molecular weight excluding hydrogens is 322 g/mol. The van der Waals surface area contributed by atoms with Gasteiger partial charge in [-0.1, -0.05) is 17.7 Å². The molecule has 0 heterocycles. The van der Waals surface area contributed by atoms with Gasteiger partial charge in [-0.25, -0.2) is 4.79 Å². The van der Waals surface area contributed by atoms with Crippen LogP contribution < -0.4 is 14.8 Å². The summed E-state index contributed by atoms with van der Waals surface area (Å²) in [5.74, 6) is 0.0699. The highest BCUT2D eigenvalue weighted by molar-refractivity contribution is 5.97. The second kappa shape index (κ2) is 8.19. The standard InChI is InChI=1S/C19H21NO5/c1-12-5-7-15(13(2)9-12)19(22)25-11-18(21)20-16-8-6-14(23-3)10-17(16)24-4/h5-10H,11H2,1-4H3,(H,20,21). The fraction of sp³-hybridized carbons (Fsp3) is 0.263. The molecule has 1 amide bonds. The third-order valence-electron chi connectivity index (χ3n) is 3.62. The van der Waals surface area contributed by atoms with Crippen LogP contribution in [0, 0.1) is 13.8 Å². The summed E-state index contributed by atoms with van der Waals surface area (Å²) in [6.45, 7) is 3.38. The minimum atomic E-state index is -0.533. The molecule has 6 heteroatoms. The molecule has 25 heavy (non-hydrogen) atoms. The number of nitrogens with one attached hydrogen (secondary N) is 1. The highest BCUT2D eigenvalue weighted by atomic mass is 16.5. The van der Waals surface area contributed by atoms with Crippen LogP contribution in [0.15, 0.2) is 36.4 Å². The van der Waals surface area contributed by atoms with Crippen molar-refractivity contribution in [2.24, 2.45) is 0 Å². The minimum Gasteiger partial charge on any atom is -0.497 e. The highest BCUT2D eigenvalue weighted by Crippen LogP contribution is 2.28. The van der Waals surface area contributed by atoms with E-state index in [1.807, 2.05) is 26.0 Å². The molecule has 2 aromatic rings. The summed E-state index contributed by atoms with van der Waals surface area (Å²) in [6, 6.07) is 10.4. The van der Waals surface area contributed by atoms with Gasteiger partial charge in [-0.05, 0) is 37.6 Å². The molecule has 132 valence electrons. The van der Waals surface area contributed by atoms with E-state index in [0.717, 1.165) is 11.1 Å². The van der Waals surface area contributed by atoms with Crippen LogP contribution in [0.5, 0.6) is 11.5 Å². The van der Waals surface area contributed by atoms with E-state index in [-0.39, 0.29) is 6.61 Å². The number of amides is 1. The fourth-order valence-corrected chi connectivity index (χ4v) is 2.34. The van der Waals surface area contributed by atoms with Gasteiger partial charge in [0, 0.05) is 6.07 Å². The lowest BCUT2D eigenvalue weighted by Crippen LogP contribution is -2.21. The van der Waals surface area contributed by atoms with E-state index in [0.29, 0.717) is 22.7 Å². The monoisotopic (exact) mass is 343 g/mol. The van der Waals surface area contributed by atoms with Crippen molar-refractivity contribution < 1.29 is 23.8 Å². The Morgan fingerprint density at radius 2 is 1.76 bits per heavy atom. The van der Waals surface area contributed by atoms with Gasteiger partial charge < -0.3 is 19.5 Å². The Kier molecular flexibility index (Phi) is 6.00. The van der Waals surface area contributed by atoms with Gasteiger partial charge in [0.05, 0.1) is 25.5 Å².